The molecule has 204 valence electrons. The molecule has 1 heterocycles. The molecule has 7 N–H and O–H groups in total. The number of hydrogen-bond acceptors (Lipinski definition) is 10. The molecule has 0 bridgehead atoms. The van der Waals surface area contributed by atoms with Gasteiger partial charge in [0.25, 0.3) is 0 Å². The zero-order chi connectivity index (χ0) is 28.1. The van der Waals surface area contributed by atoms with Gasteiger partial charge < -0.3 is 41.2 Å². The third-order valence-corrected chi connectivity index (χ3v) is 5.33. The molecule has 0 aromatic heterocycles. The molecular weight excluding hydrogens is 510 g/mol. The Morgan fingerprint density at radius 3 is 2.27 bits per heavy atom. The van der Waals surface area contributed by atoms with Crippen molar-refractivity contribution in [2.45, 2.75) is 32.2 Å². The number of carbonyl (C=O) groups is 4. The van der Waals surface area contributed by atoms with Gasteiger partial charge in [-0.15, -0.1) is 0 Å². The number of halogens is 1. The number of nitrogens with two attached hydrogens (primary N) is 2. The number of benzene rings is 1. The van der Waals surface area contributed by atoms with Crippen LogP contribution in [-0.4, -0.2) is 73.6 Å². The number of carboxylic acid groups (broad SMARTS) is 2. The first-order valence-corrected chi connectivity index (χ1v) is 11.6. The van der Waals surface area contributed by atoms with Crippen LogP contribution < -0.4 is 16.8 Å². The van der Waals surface area contributed by atoms with Crippen molar-refractivity contribution in [2.75, 3.05) is 33.5 Å². The Hall–Kier alpha value is -3.45. The molecule has 1 aliphatic rings. The summed E-state index contributed by atoms with van der Waals surface area (Å²) in [7, 11) is 1.29. The summed E-state index contributed by atoms with van der Waals surface area (Å²) in [6.07, 6.45) is -0.532. The Morgan fingerprint density at radius 2 is 1.78 bits per heavy atom. The number of ether oxygens (including phenoxy) is 3. The molecule has 0 spiro atoms. The SMILES string of the molecule is CCOC(=O)C1=C(COCCN)NC(C)=C(C(=O)OC)C1c1ccccc1Cl.N[C@@H](CC(=O)O)C(=O)O. The number of carboxylic acids is 2. The topological polar surface area (TPSA) is 200 Å². The fraction of sp³-hybridized carbons (Fsp3) is 0.417. The number of carbonyl (C=O) groups excluding carboxylic acids is 2. The van der Waals surface area contributed by atoms with Crippen molar-refractivity contribution < 1.29 is 43.6 Å². The summed E-state index contributed by atoms with van der Waals surface area (Å²) in [5.74, 6) is -4.36. The van der Waals surface area contributed by atoms with Gasteiger partial charge in [0.1, 0.15) is 6.04 Å². The van der Waals surface area contributed by atoms with E-state index in [-0.39, 0.29) is 18.8 Å². The molecule has 2 atom stereocenters. The lowest BCUT2D eigenvalue weighted by Crippen LogP contribution is -2.35. The molecule has 0 radical (unpaired) electrons. The Bertz CT molecular complexity index is 1060. The molecule has 12 nitrogen and oxygen atoms in total. The molecule has 2 rings (SSSR count). The molecule has 1 aliphatic heterocycles. The standard InChI is InChI=1S/C20H25ClN2O5.C4H7NO4/c1-4-28-20(25)18-15(11-27-10-9-22)23-12(2)16(19(24)26-3)17(18)13-7-5-6-8-14(13)21;5-2(4(8)9)1-3(6)7/h5-8,17,23H,4,9-11,22H2,1-3H3;2H,1,5H2,(H,6,7)(H,8,9)/t;2-/m.0/s1. The second kappa shape index (κ2) is 15.6. The van der Waals surface area contributed by atoms with Gasteiger partial charge in [-0.3, -0.25) is 9.59 Å². The van der Waals surface area contributed by atoms with Gasteiger partial charge in [0.15, 0.2) is 0 Å². The number of hydrogen-bond donors (Lipinski definition) is 5. The zero-order valence-corrected chi connectivity index (χ0v) is 21.5. The van der Waals surface area contributed by atoms with E-state index in [0.29, 0.717) is 40.7 Å². The lowest BCUT2D eigenvalue weighted by Gasteiger charge is -2.31. The van der Waals surface area contributed by atoms with Crippen molar-refractivity contribution in [3.63, 3.8) is 0 Å². The van der Waals surface area contributed by atoms with E-state index in [1.165, 1.54) is 7.11 Å². The first-order chi connectivity index (χ1) is 17.5. The second-order valence-corrected chi connectivity index (χ2v) is 8.01. The first-order valence-electron chi connectivity index (χ1n) is 11.2. The first kappa shape index (κ1) is 31.6. The predicted octanol–water partition coefficient (Wildman–Crippen LogP) is 1.14. The molecule has 0 aliphatic carbocycles. The number of aliphatic carboxylic acids is 2. The van der Waals surface area contributed by atoms with Crippen molar-refractivity contribution in [1.82, 2.24) is 5.32 Å². The maximum atomic E-state index is 12.9. The highest BCUT2D eigenvalue weighted by Gasteiger charge is 2.39. The van der Waals surface area contributed by atoms with Crippen molar-refractivity contribution in [1.29, 1.82) is 0 Å². The van der Waals surface area contributed by atoms with Crippen LogP contribution in [0.1, 0.15) is 31.7 Å². The molecule has 0 fully saturated rings. The third kappa shape index (κ3) is 9.17. The van der Waals surface area contributed by atoms with Crippen molar-refractivity contribution in [2.24, 2.45) is 11.5 Å². The molecule has 0 saturated heterocycles. The van der Waals surface area contributed by atoms with Crippen molar-refractivity contribution >= 4 is 35.5 Å². The summed E-state index contributed by atoms with van der Waals surface area (Å²) in [4.78, 5) is 45.1. The van der Waals surface area contributed by atoms with Gasteiger partial charge in [-0.1, -0.05) is 29.8 Å². The van der Waals surface area contributed by atoms with Crippen LogP contribution in [0.5, 0.6) is 0 Å². The summed E-state index contributed by atoms with van der Waals surface area (Å²) < 4.78 is 15.8. The lowest BCUT2D eigenvalue weighted by molar-refractivity contribution is -0.144. The number of esters is 2. The van der Waals surface area contributed by atoms with Crippen LogP contribution in [0.15, 0.2) is 46.8 Å². The fourth-order valence-electron chi connectivity index (χ4n) is 3.39. The van der Waals surface area contributed by atoms with E-state index >= 15 is 0 Å². The molecule has 1 aromatic carbocycles. The van der Waals surface area contributed by atoms with Crippen LogP contribution >= 0.6 is 11.6 Å². The summed E-state index contributed by atoms with van der Waals surface area (Å²) in [5, 5.41) is 19.6. The monoisotopic (exact) mass is 541 g/mol. The highest BCUT2D eigenvalue weighted by atomic mass is 35.5. The van der Waals surface area contributed by atoms with E-state index in [1.807, 2.05) is 0 Å². The van der Waals surface area contributed by atoms with Gasteiger partial charge in [-0.25, -0.2) is 9.59 Å². The zero-order valence-electron chi connectivity index (χ0n) is 20.8. The van der Waals surface area contributed by atoms with Crippen LogP contribution in [0.2, 0.25) is 5.02 Å². The summed E-state index contributed by atoms with van der Waals surface area (Å²) >= 11 is 6.42. The Labute approximate surface area is 219 Å². The highest BCUT2D eigenvalue weighted by molar-refractivity contribution is 6.31. The molecule has 0 saturated carbocycles. The molecule has 0 amide bonds. The van der Waals surface area contributed by atoms with Crippen LogP contribution in [0.25, 0.3) is 0 Å². The summed E-state index contributed by atoms with van der Waals surface area (Å²) in [6.45, 7) is 4.42. The van der Waals surface area contributed by atoms with E-state index < -0.39 is 42.3 Å². The Balaban J connectivity index is 0.000000649. The molecule has 1 aromatic rings. The van der Waals surface area contributed by atoms with Crippen molar-refractivity contribution in [3.05, 3.63) is 57.4 Å². The maximum absolute atomic E-state index is 12.9. The molecular formula is C24H32ClN3O9. The predicted molar refractivity (Wildman–Crippen MR) is 133 cm³/mol. The van der Waals surface area contributed by atoms with Gasteiger partial charge in [-0.05, 0) is 25.5 Å². The van der Waals surface area contributed by atoms with E-state index in [1.54, 1.807) is 38.1 Å². The van der Waals surface area contributed by atoms with Crippen molar-refractivity contribution in [3.8, 4) is 0 Å². The van der Waals surface area contributed by atoms with Gasteiger partial charge in [-0.2, -0.15) is 0 Å². The van der Waals surface area contributed by atoms with E-state index in [9.17, 15) is 19.2 Å². The molecule has 13 heteroatoms. The number of allylic oxidation sites excluding steroid dienone is 1. The molecule has 37 heavy (non-hydrogen) atoms. The maximum Gasteiger partial charge on any atom is 0.336 e. The number of nitrogens with one attached hydrogen (secondary N) is 1. The minimum atomic E-state index is -1.29. The second-order valence-electron chi connectivity index (χ2n) is 7.61. The smallest absolute Gasteiger partial charge is 0.336 e. The minimum absolute atomic E-state index is 0.109. The van der Waals surface area contributed by atoms with Crippen LogP contribution in [0.4, 0.5) is 0 Å². The number of rotatable bonds is 11. The largest absolute Gasteiger partial charge is 0.481 e. The lowest BCUT2D eigenvalue weighted by atomic mass is 9.80. The average molecular weight is 542 g/mol. The van der Waals surface area contributed by atoms with Gasteiger partial charge in [0, 0.05) is 17.3 Å². The van der Waals surface area contributed by atoms with E-state index in [4.69, 9.17) is 47.5 Å². The van der Waals surface area contributed by atoms with Crippen LogP contribution in [0.3, 0.4) is 0 Å². The van der Waals surface area contributed by atoms with Gasteiger partial charge >= 0.3 is 23.9 Å². The summed E-state index contributed by atoms with van der Waals surface area (Å²) in [6, 6.07) is 5.76. The third-order valence-electron chi connectivity index (χ3n) is 4.98. The fourth-order valence-corrected chi connectivity index (χ4v) is 3.64. The van der Waals surface area contributed by atoms with Crippen LogP contribution in [-0.2, 0) is 33.4 Å². The minimum Gasteiger partial charge on any atom is -0.481 e. The van der Waals surface area contributed by atoms with E-state index in [2.05, 4.69) is 5.32 Å². The average Bonchev–Trinajstić information content (AvgIpc) is 2.83. The Morgan fingerprint density at radius 1 is 1.14 bits per heavy atom. The normalized spacial score (nSPS) is 15.7. The Kier molecular flexibility index (Phi) is 13.3. The van der Waals surface area contributed by atoms with E-state index in [0.717, 1.165) is 0 Å². The highest BCUT2D eigenvalue weighted by Crippen LogP contribution is 2.41. The van der Waals surface area contributed by atoms with Crippen LogP contribution in [0, 0.1) is 0 Å². The quantitative estimate of drug-likeness (QED) is 0.198. The van der Waals surface area contributed by atoms with Gasteiger partial charge in [0.05, 0.1) is 56.1 Å². The number of methoxy groups -OCH3 is 1. The number of dihydropyridines is 1. The molecule has 1 unspecified atom stereocenters. The van der Waals surface area contributed by atoms with Gasteiger partial charge in [0.2, 0.25) is 0 Å². The summed E-state index contributed by atoms with van der Waals surface area (Å²) in [5.41, 5.74) is 12.5.